The first kappa shape index (κ1) is 18.5. The molecular formula is C22H18FNS2. The van der Waals surface area contributed by atoms with Crippen molar-refractivity contribution < 1.29 is 4.39 Å². The fraction of sp³-hybridized carbons (Fsp3) is 0.0455. The van der Waals surface area contributed by atoms with Gasteiger partial charge in [0.25, 0.3) is 0 Å². The SMILES string of the molecule is C/C(=C\Sc1ccccc1)C(=Nc1cccc(F)c1)Sc1ccccc1. The standard InChI is InChI=1S/C22H18FNS2/c1-17(16-25-20-11-4-2-5-12-20)22(26-21-13-6-3-7-14-21)24-19-10-8-9-18(23)15-19/h2-16H,1H3/b17-16+,24-22?. The maximum absolute atomic E-state index is 13.5. The highest BCUT2D eigenvalue weighted by Crippen LogP contribution is 2.29. The van der Waals surface area contributed by atoms with E-state index in [0.29, 0.717) is 5.69 Å². The van der Waals surface area contributed by atoms with Crippen molar-refractivity contribution in [3.63, 3.8) is 0 Å². The molecule has 0 fully saturated rings. The van der Waals surface area contributed by atoms with Gasteiger partial charge in [0.05, 0.1) is 5.69 Å². The van der Waals surface area contributed by atoms with Gasteiger partial charge in [0.15, 0.2) is 0 Å². The van der Waals surface area contributed by atoms with Crippen molar-refractivity contribution in [3.8, 4) is 0 Å². The van der Waals surface area contributed by atoms with Gasteiger partial charge in [-0.05, 0) is 60.4 Å². The first-order valence-corrected chi connectivity index (χ1v) is 9.86. The molecule has 0 aliphatic heterocycles. The van der Waals surface area contributed by atoms with Crippen molar-refractivity contribution >= 4 is 34.3 Å². The van der Waals surface area contributed by atoms with E-state index in [1.54, 1.807) is 29.6 Å². The van der Waals surface area contributed by atoms with Gasteiger partial charge >= 0.3 is 0 Å². The van der Waals surface area contributed by atoms with Crippen LogP contribution in [0.5, 0.6) is 0 Å². The molecule has 0 N–H and O–H groups in total. The summed E-state index contributed by atoms with van der Waals surface area (Å²) in [4.78, 5) is 6.95. The summed E-state index contributed by atoms with van der Waals surface area (Å²) in [5.74, 6) is -0.282. The smallest absolute Gasteiger partial charge is 0.125 e. The summed E-state index contributed by atoms with van der Waals surface area (Å²) in [7, 11) is 0. The maximum atomic E-state index is 13.5. The summed E-state index contributed by atoms with van der Waals surface area (Å²) < 4.78 is 13.5. The number of thioether (sulfide) groups is 2. The lowest BCUT2D eigenvalue weighted by Crippen LogP contribution is -1.94. The van der Waals surface area contributed by atoms with E-state index in [-0.39, 0.29) is 5.82 Å². The molecule has 3 rings (SSSR count). The highest BCUT2D eigenvalue weighted by molar-refractivity contribution is 8.14. The topological polar surface area (TPSA) is 12.4 Å². The van der Waals surface area contributed by atoms with Crippen molar-refractivity contribution in [2.75, 3.05) is 0 Å². The number of halogens is 1. The van der Waals surface area contributed by atoms with E-state index in [0.717, 1.165) is 15.5 Å². The minimum Gasteiger partial charge on any atom is -0.241 e. The molecule has 0 radical (unpaired) electrons. The molecule has 0 saturated heterocycles. The van der Waals surface area contributed by atoms with Crippen molar-refractivity contribution in [1.82, 2.24) is 0 Å². The van der Waals surface area contributed by atoms with Gasteiger partial charge < -0.3 is 0 Å². The quantitative estimate of drug-likeness (QED) is 0.261. The van der Waals surface area contributed by atoms with Crippen LogP contribution in [0.15, 0.2) is 111 Å². The summed E-state index contributed by atoms with van der Waals surface area (Å²) >= 11 is 3.23. The number of benzene rings is 3. The van der Waals surface area contributed by atoms with Crippen LogP contribution in [0, 0.1) is 5.82 Å². The molecule has 130 valence electrons. The normalized spacial score (nSPS) is 12.2. The van der Waals surface area contributed by atoms with E-state index in [9.17, 15) is 4.39 Å². The Morgan fingerprint density at radius 1 is 0.846 bits per heavy atom. The predicted octanol–water partition coefficient (Wildman–Crippen LogP) is 7.34. The second kappa shape index (κ2) is 9.41. The van der Waals surface area contributed by atoms with Crippen LogP contribution in [0.4, 0.5) is 10.1 Å². The summed E-state index contributed by atoms with van der Waals surface area (Å²) in [6.45, 7) is 2.03. The molecule has 0 aromatic heterocycles. The van der Waals surface area contributed by atoms with Crippen LogP contribution in [0.1, 0.15) is 6.92 Å². The van der Waals surface area contributed by atoms with Gasteiger partial charge in [-0.1, -0.05) is 66.0 Å². The van der Waals surface area contributed by atoms with Crippen LogP contribution in [-0.4, -0.2) is 5.04 Å². The molecule has 0 aliphatic rings. The van der Waals surface area contributed by atoms with Crippen molar-refractivity contribution in [1.29, 1.82) is 0 Å². The Balaban J connectivity index is 1.88. The van der Waals surface area contributed by atoms with Crippen LogP contribution < -0.4 is 0 Å². The van der Waals surface area contributed by atoms with Gasteiger partial charge in [-0.2, -0.15) is 0 Å². The van der Waals surface area contributed by atoms with Gasteiger partial charge in [-0.25, -0.2) is 9.38 Å². The Bertz CT molecular complexity index is 906. The Labute approximate surface area is 162 Å². The number of rotatable bonds is 5. The maximum Gasteiger partial charge on any atom is 0.125 e. The predicted molar refractivity (Wildman–Crippen MR) is 112 cm³/mol. The number of hydrogen-bond acceptors (Lipinski definition) is 3. The van der Waals surface area contributed by atoms with E-state index in [1.165, 1.54) is 17.0 Å². The number of nitrogens with zero attached hydrogens (tertiary/aromatic N) is 1. The van der Waals surface area contributed by atoms with Crippen LogP contribution in [0.2, 0.25) is 0 Å². The second-order valence-electron chi connectivity index (χ2n) is 5.54. The van der Waals surface area contributed by atoms with Gasteiger partial charge in [0.2, 0.25) is 0 Å². The van der Waals surface area contributed by atoms with Gasteiger partial charge in [-0.3, -0.25) is 0 Å². The molecule has 4 heteroatoms. The van der Waals surface area contributed by atoms with Crippen molar-refractivity contribution in [2.24, 2.45) is 4.99 Å². The molecular weight excluding hydrogens is 361 g/mol. The molecule has 1 nitrogen and oxygen atoms in total. The first-order chi connectivity index (χ1) is 12.7. The van der Waals surface area contributed by atoms with E-state index in [1.807, 2.05) is 61.5 Å². The first-order valence-electron chi connectivity index (χ1n) is 8.17. The van der Waals surface area contributed by atoms with E-state index < -0.39 is 0 Å². The highest BCUT2D eigenvalue weighted by Gasteiger charge is 2.07. The zero-order chi connectivity index (χ0) is 18.2. The van der Waals surface area contributed by atoms with Crippen LogP contribution >= 0.6 is 23.5 Å². The summed E-state index contributed by atoms with van der Waals surface area (Å²) in [5.41, 5.74) is 1.65. The van der Waals surface area contributed by atoms with Gasteiger partial charge in [0.1, 0.15) is 10.9 Å². The zero-order valence-electron chi connectivity index (χ0n) is 14.3. The lowest BCUT2D eigenvalue weighted by atomic mass is 10.3. The Morgan fingerprint density at radius 2 is 1.50 bits per heavy atom. The molecule has 26 heavy (non-hydrogen) atoms. The van der Waals surface area contributed by atoms with Gasteiger partial charge in [-0.15, -0.1) is 0 Å². The molecule has 0 unspecified atom stereocenters. The molecule has 0 aliphatic carbocycles. The highest BCUT2D eigenvalue weighted by atomic mass is 32.2. The summed E-state index contributed by atoms with van der Waals surface area (Å²) in [6, 6.07) is 26.6. The third kappa shape index (κ3) is 5.61. The second-order valence-corrected chi connectivity index (χ2v) is 7.55. The largest absolute Gasteiger partial charge is 0.241 e. The van der Waals surface area contributed by atoms with Crippen LogP contribution in [-0.2, 0) is 0 Å². The van der Waals surface area contributed by atoms with Crippen molar-refractivity contribution in [3.05, 3.63) is 102 Å². The summed E-state index contributed by atoms with van der Waals surface area (Å²) in [5, 5.41) is 2.94. The average molecular weight is 380 g/mol. The molecule has 0 heterocycles. The minimum absolute atomic E-state index is 0.282. The van der Waals surface area contributed by atoms with Crippen LogP contribution in [0.3, 0.4) is 0 Å². The molecule has 3 aromatic rings. The molecule has 0 saturated carbocycles. The molecule has 0 bridgehead atoms. The Morgan fingerprint density at radius 3 is 2.15 bits per heavy atom. The summed E-state index contributed by atoms with van der Waals surface area (Å²) in [6.07, 6.45) is 0. The lowest BCUT2D eigenvalue weighted by molar-refractivity contribution is 0.628. The molecule has 0 atom stereocenters. The zero-order valence-corrected chi connectivity index (χ0v) is 15.9. The third-order valence-corrected chi connectivity index (χ3v) is 5.58. The average Bonchev–Trinajstić information content (AvgIpc) is 2.67. The van der Waals surface area contributed by atoms with E-state index in [2.05, 4.69) is 22.5 Å². The third-order valence-electron chi connectivity index (χ3n) is 3.45. The lowest BCUT2D eigenvalue weighted by Gasteiger charge is -2.08. The minimum atomic E-state index is -0.282. The molecule has 3 aromatic carbocycles. The number of hydrogen-bond donors (Lipinski definition) is 0. The van der Waals surface area contributed by atoms with E-state index in [4.69, 9.17) is 0 Å². The molecule has 0 amide bonds. The van der Waals surface area contributed by atoms with E-state index >= 15 is 0 Å². The monoisotopic (exact) mass is 379 g/mol. The molecule has 0 spiro atoms. The fourth-order valence-corrected chi connectivity index (χ4v) is 3.86. The van der Waals surface area contributed by atoms with Crippen LogP contribution in [0.25, 0.3) is 0 Å². The fourth-order valence-electron chi connectivity index (χ4n) is 2.16. The van der Waals surface area contributed by atoms with Gasteiger partial charge in [0, 0.05) is 9.79 Å². The number of aliphatic imine (C=N–C) groups is 1. The van der Waals surface area contributed by atoms with Crippen molar-refractivity contribution in [2.45, 2.75) is 16.7 Å². The Kier molecular flexibility index (Phi) is 6.69. The Hall–Kier alpha value is -2.30.